The Balaban J connectivity index is 1.72. The summed E-state index contributed by atoms with van der Waals surface area (Å²) in [6.07, 6.45) is 3.72. The Labute approximate surface area is 167 Å². The topological polar surface area (TPSA) is 34.0 Å². The quantitative estimate of drug-likeness (QED) is 0.458. The molecule has 0 fully saturated rings. The summed E-state index contributed by atoms with van der Waals surface area (Å²) in [7, 11) is 1.95. The number of hydrogen-bond donors (Lipinski definition) is 0. The van der Waals surface area contributed by atoms with E-state index in [0.29, 0.717) is 11.6 Å². The van der Waals surface area contributed by atoms with Crippen molar-refractivity contribution in [1.82, 2.24) is 14.5 Å². The molecule has 140 valence electrons. The first-order valence-corrected chi connectivity index (χ1v) is 9.20. The van der Waals surface area contributed by atoms with Gasteiger partial charge in [0.2, 0.25) is 0 Å². The van der Waals surface area contributed by atoms with Crippen molar-refractivity contribution in [1.29, 1.82) is 0 Å². The van der Waals surface area contributed by atoms with Crippen molar-refractivity contribution in [3.63, 3.8) is 0 Å². The van der Waals surface area contributed by atoms with E-state index >= 15 is 0 Å². The number of imidazole rings is 1. The number of aromatic nitrogens is 3. The second-order valence-electron chi connectivity index (χ2n) is 6.44. The lowest BCUT2D eigenvalue weighted by Crippen LogP contribution is -2.19. The standard InChI is InChI=1S/C22H18ClFN4/c1-27(18-11-7-17(24)8-12-18)15-22-26-21(20-4-2-3-13-25-20)14-28(22)19-9-5-16(23)6-10-19/h2-14H,15H2,1H3. The van der Waals surface area contributed by atoms with Crippen molar-refractivity contribution in [2.75, 3.05) is 11.9 Å². The van der Waals surface area contributed by atoms with Crippen LogP contribution in [0.4, 0.5) is 10.1 Å². The summed E-state index contributed by atoms with van der Waals surface area (Å²) < 4.78 is 15.3. The predicted molar refractivity (Wildman–Crippen MR) is 110 cm³/mol. The highest BCUT2D eigenvalue weighted by Crippen LogP contribution is 2.23. The Morgan fingerprint density at radius 3 is 2.39 bits per heavy atom. The highest BCUT2D eigenvalue weighted by molar-refractivity contribution is 6.30. The second kappa shape index (κ2) is 7.82. The highest BCUT2D eigenvalue weighted by Gasteiger charge is 2.14. The van der Waals surface area contributed by atoms with Crippen molar-refractivity contribution in [3.05, 3.63) is 95.8 Å². The fourth-order valence-corrected chi connectivity index (χ4v) is 3.12. The van der Waals surface area contributed by atoms with Gasteiger partial charge in [-0.25, -0.2) is 9.37 Å². The van der Waals surface area contributed by atoms with Gasteiger partial charge in [0.1, 0.15) is 17.3 Å². The van der Waals surface area contributed by atoms with Gasteiger partial charge in [-0.3, -0.25) is 4.98 Å². The van der Waals surface area contributed by atoms with Crippen LogP contribution < -0.4 is 4.90 Å². The third-order valence-corrected chi connectivity index (χ3v) is 4.71. The summed E-state index contributed by atoms with van der Waals surface area (Å²) >= 11 is 6.04. The minimum atomic E-state index is -0.253. The maximum atomic E-state index is 13.2. The Hall–Kier alpha value is -3.18. The summed E-state index contributed by atoms with van der Waals surface area (Å²) in [6.45, 7) is 0.543. The van der Waals surface area contributed by atoms with E-state index in [-0.39, 0.29) is 5.82 Å². The third kappa shape index (κ3) is 3.89. The van der Waals surface area contributed by atoms with Crippen LogP contribution in [0, 0.1) is 5.82 Å². The third-order valence-electron chi connectivity index (χ3n) is 4.46. The van der Waals surface area contributed by atoms with Crippen LogP contribution in [0.5, 0.6) is 0 Å². The van der Waals surface area contributed by atoms with Crippen molar-refractivity contribution in [2.45, 2.75) is 6.54 Å². The minimum absolute atomic E-state index is 0.253. The van der Waals surface area contributed by atoms with E-state index in [2.05, 4.69) is 4.98 Å². The summed E-state index contributed by atoms with van der Waals surface area (Å²) in [5, 5.41) is 0.679. The fraction of sp³-hybridized carbons (Fsp3) is 0.0909. The van der Waals surface area contributed by atoms with Crippen LogP contribution >= 0.6 is 11.6 Å². The SMILES string of the molecule is CN(Cc1nc(-c2ccccn2)cn1-c1ccc(Cl)cc1)c1ccc(F)cc1. The normalized spacial score (nSPS) is 10.8. The van der Waals surface area contributed by atoms with E-state index < -0.39 is 0 Å². The maximum absolute atomic E-state index is 13.2. The van der Waals surface area contributed by atoms with Gasteiger partial charge in [-0.15, -0.1) is 0 Å². The highest BCUT2D eigenvalue weighted by atomic mass is 35.5. The average molecular weight is 393 g/mol. The Kier molecular flexibility index (Phi) is 5.08. The molecule has 0 aliphatic rings. The molecular weight excluding hydrogens is 375 g/mol. The van der Waals surface area contributed by atoms with Gasteiger partial charge in [-0.2, -0.15) is 0 Å². The van der Waals surface area contributed by atoms with Crippen LogP contribution in [-0.4, -0.2) is 21.6 Å². The van der Waals surface area contributed by atoms with E-state index in [4.69, 9.17) is 16.6 Å². The molecule has 6 heteroatoms. The molecule has 2 aromatic heterocycles. The molecule has 0 bridgehead atoms. The average Bonchev–Trinajstić information content (AvgIpc) is 3.13. The largest absolute Gasteiger partial charge is 0.367 e. The van der Waals surface area contributed by atoms with Gasteiger partial charge in [0.25, 0.3) is 0 Å². The molecular formula is C22H18ClFN4. The van der Waals surface area contributed by atoms with Gasteiger partial charge >= 0.3 is 0 Å². The molecule has 0 spiro atoms. The minimum Gasteiger partial charge on any atom is -0.367 e. The molecule has 28 heavy (non-hydrogen) atoms. The maximum Gasteiger partial charge on any atom is 0.133 e. The van der Waals surface area contributed by atoms with Crippen LogP contribution in [0.15, 0.2) is 79.1 Å². The molecule has 4 rings (SSSR count). The van der Waals surface area contributed by atoms with E-state index in [0.717, 1.165) is 28.6 Å². The lowest BCUT2D eigenvalue weighted by molar-refractivity contribution is 0.627. The number of halogens is 2. The Morgan fingerprint density at radius 2 is 1.71 bits per heavy atom. The zero-order chi connectivity index (χ0) is 19.5. The number of pyridine rings is 1. The smallest absolute Gasteiger partial charge is 0.133 e. The second-order valence-corrected chi connectivity index (χ2v) is 6.87. The first-order chi connectivity index (χ1) is 13.6. The first-order valence-electron chi connectivity index (χ1n) is 8.82. The van der Waals surface area contributed by atoms with Crippen molar-refractivity contribution < 1.29 is 4.39 Å². The van der Waals surface area contributed by atoms with Gasteiger partial charge in [0, 0.05) is 35.8 Å². The van der Waals surface area contributed by atoms with E-state index in [1.54, 1.807) is 18.3 Å². The van der Waals surface area contributed by atoms with Crippen molar-refractivity contribution in [3.8, 4) is 17.1 Å². The number of benzene rings is 2. The molecule has 2 aromatic carbocycles. The number of rotatable bonds is 5. The summed E-state index contributed by atoms with van der Waals surface area (Å²) in [4.78, 5) is 11.2. The zero-order valence-electron chi connectivity index (χ0n) is 15.3. The number of nitrogens with zero attached hydrogens (tertiary/aromatic N) is 4. The lowest BCUT2D eigenvalue weighted by Gasteiger charge is -2.19. The molecule has 0 atom stereocenters. The van der Waals surface area contributed by atoms with Gasteiger partial charge in [0.15, 0.2) is 0 Å². The number of hydrogen-bond acceptors (Lipinski definition) is 3. The predicted octanol–water partition coefficient (Wildman–Crippen LogP) is 5.36. The van der Waals surface area contributed by atoms with Crippen LogP contribution in [0.1, 0.15) is 5.82 Å². The summed E-state index contributed by atoms with van der Waals surface area (Å²) in [5.74, 6) is 0.590. The fourth-order valence-electron chi connectivity index (χ4n) is 2.99. The van der Waals surface area contributed by atoms with E-state index in [9.17, 15) is 4.39 Å². The lowest BCUT2D eigenvalue weighted by atomic mass is 10.3. The molecule has 4 nitrogen and oxygen atoms in total. The first kappa shape index (κ1) is 18.2. The van der Waals surface area contributed by atoms with Crippen LogP contribution in [0.25, 0.3) is 17.1 Å². The Morgan fingerprint density at radius 1 is 0.964 bits per heavy atom. The molecule has 0 radical (unpaired) electrons. The number of anilines is 1. The van der Waals surface area contributed by atoms with Crippen LogP contribution in [0.3, 0.4) is 0 Å². The molecule has 0 unspecified atom stereocenters. The summed E-state index contributed by atoms with van der Waals surface area (Å²) in [6, 6.07) is 19.8. The van der Waals surface area contributed by atoms with Crippen molar-refractivity contribution >= 4 is 17.3 Å². The molecule has 2 heterocycles. The summed E-state index contributed by atoms with van der Waals surface area (Å²) in [5.41, 5.74) is 3.46. The molecule has 0 saturated heterocycles. The van der Waals surface area contributed by atoms with E-state index in [1.807, 2.05) is 65.2 Å². The molecule has 0 aliphatic carbocycles. The zero-order valence-corrected chi connectivity index (χ0v) is 16.0. The van der Waals surface area contributed by atoms with Gasteiger partial charge in [-0.05, 0) is 60.7 Å². The van der Waals surface area contributed by atoms with Gasteiger partial charge in [0.05, 0.1) is 12.2 Å². The van der Waals surface area contributed by atoms with Gasteiger partial charge < -0.3 is 9.47 Å². The molecule has 0 amide bonds. The monoisotopic (exact) mass is 392 g/mol. The molecule has 0 saturated carbocycles. The van der Waals surface area contributed by atoms with Crippen LogP contribution in [-0.2, 0) is 6.54 Å². The Bertz CT molecular complexity index is 1060. The van der Waals surface area contributed by atoms with Gasteiger partial charge in [-0.1, -0.05) is 17.7 Å². The molecule has 0 aliphatic heterocycles. The van der Waals surface area contributed by atoms with E-state index in [1.165, 1.54) is 12.1 Å². The van der Waals surface area contributed by atoms with Crippen LogP contribution in [0.2, 0.25) is 5.02 Å². The van der Waals surface area contributed by atoms with Crippen molar-refractivity contribution in [2.24, 2.45) is 0 Å². The molecule has 0 N–H and O–H groups in total. The molecule has 4 aromatic rings.